The summed E-state index contributed by atoms with van der Waals surface area (Å²) >= 11 is 0. The molecule has 0 unspecified atom stereocenters. The summed E-state index contributed by atoms with van der Waals surface area (Å²) in [7, 11) is 6.10. The lowest BCUT2D eigenvalue weighted by molar-refractivity contribution is -0.137. The minimum absolute atomic E-state index is 0.0386. The number of halogens is 3. The molecule has 1 amide bonds. The van der Waals surface area contributed by atoms with Gasteiger partial charge in [-0.3, -0.25) is 9.78 Å². The number of hydrogen-bond acceptors (Lipinski definition) is 5. The fourth-order valence-corrected chi connectivity index (χ4v) is 4.42. The van der Waals surface area contributed by atoms with Crippen LogP contribution in [-0.2, 0) is 12.7 Å². The largest absolute Gasteiger partial charge is 0.416 e. The molecule has 1 aromatic carbocycles. The van der Waals surface area contributed by atoms with Gasteiger partial charge in [-0.05, 0) is 48.1 Å². The fraction of sp³-hybridized carbons (Fsp3) is 0.280. The SMILES string of the molecule is [B]c1cnn2c(NCc3cccnc3)cc(C3CCN(C(=O)c4cccc(C(F)(F)F)c4)CC3)nc12. The minimum Gasteiger partial charge on any atom is -0.366 e. The Hall–Kier alpha value is -3.89. The van der Waals surface area contributed by atoms with Gasteiger partial charge in [0.2, 0.25) is 0 Å². The van der Waals surface area contributed by atoms with Crippen LogP contribution < -0.4 is 10.8 Å². The summed E-state index contributed by atoms with van der Waals surface area (Å²) in [6.45, 7) is 1.37. The number of nitrogens with one attached hydrogen (secondary N) is 1. The van der Waals surface area contributed by atoms with Crippen molar-refractivity contribution in [3.63, 3.8) is 0 Å². The van der Waals surface area contributed by atoms with Crippen LogP contribution in [0, 0.1) is 0 Å². The topological polar surface area (TPSA) is 75.4 Å². The van der Waals surface area contributed by atoms with Crippen LogP contribution in [0.1, 0.15) is 45.9 Å². The number of hydrogen-bond donors (Lipinski definition) is 1. The van der Waals surface area contributed by atoms with E-state index in [-0.39, 0.29) is 11.5 Å². The van der Waals surface area contributed by atoms with Crippen molar-refractivity contribution in [2.24, 2.45) is 0 Å². The van der Waals surface area contributed by atoms with Crippen LogP contribution in [0.3, 0.4) is 0 Å². The van der Waals surface area contributed by atoms with Crippen LogP contribution in [0.5, 0.6) is 0 Å². The summed E-state index contributed by atoms with van der Waals surface area (Å²) in [5, 5.41) is 7.70. The van der Waals surface area contributed by atoms with Crippen molar-refractivity contribution >= 4 is 30.7 Å². The highest BCUT2D eigenvalue weighted by Gasteiger charge is 2.32. The van der Waals surface area contributed by atoms with Gasteiger partial charge >= 0.3 is 6.18 Å². The number of nitrogens with zero attached hydrogens (tertiary/aromatic N) is 5. The number of carbonyl (C=O) groups excluding carboxylic acids is 1. The quantitative estimate of drug-likeness (QED) is 0.433. The predicted molar refractivity (Wildman–Crippen MR) is 129 cm³/mol. The molecule has 5 rings (SSSR count). The normalized spacial score (nSPS) is 14.8. The number of piperidine rings is 1. The number of anilines is 1. The van der Waals surface area contributed by atoms with Crippen molar-refractivity contribution < 1.29 is 18.0 Å². The number of aromatic nitrogens is 4. The smallest absolute Gasteiger partial charge is 0.366 e. The van der Waals surface area contributed by atoms with Crippen molar-refractivity contribution in [2.75, 3.05) is 18.4 Å². The lowest BCUT2D eigenvalue weighted by Gasteiger charge is -2.32. The summed E-state index contributed by atoms with van der Waals surface area (Å²) in [4.78, 5) is 23.3. The molecule has 1 aliphatic rings. The maximum absolute atomic E-state index is 13.1. The second-order valence-corrected chi connectivity index (χ2v) is 8.76. The molecule has 0 spiro atoms. The number of rotatable bonds is 5. The van der Waals surface area contributed by atoms with Crippen molar-refractivity contribution in [3.8, 4) is 0 Å². The third kappa shape index (κ3) is 4.91. The monoisotopic (exact) mass is 490 g/mol. The molecule has 4 heterocycles. The Balaban J connectivity index is 1.32. The van der Waals surface area contributed by atoms with Crippen molar-refractivity contribution in [1.29, 1.82) is 0 Å². The molecule has 36 heavy (non-hydrogen) atoms. The first-order chi connectivity index (χ1) is 17.3. The molecular formula is C25H22BF3N6O. The van der Waals surface area contributed by atoms with E-state index in [1.54, 1.807) is 28.0 Å². The molecule has 3 aromatic heterocycles. The first-order valence-electron chi connectivity index (χ1n) is 11.5. The third-order valence-electron chi connectivity index (χ3n) is 6.35. The van der Waals surface area contributed by atoms with Gasteiger partial charge in [-0.2, -0.15) is 22.8 Å². The Bertz CT molecular complexity index is 1380. The highest BCUT2D eigenvalue weighted by atomic mass is 19.4. The van der Waals surface area contributed by atoms with Crippen LogP contribution >= 0.6 is 0 Å². The highest BCUT2D eigenvalue weighted by Crippen LogP contribution is 2.32. The molecule has 2 radical (unpaired) electrons. The average molecular weight is 490 g/mol. The molecular weight excluding hydrogens is 468 g/mol. The second kappa shape index (κ2) is 9.64. The summed E-state index contributed by atoms with van der Waals surface area (Å²) in [6.07, 6.45) is 1.81. The predicted octanol–water partition coefficient (Wildman–Crippen LogP) is 3.57. The van der Waals surface area contributed by atoms with Gasteiger partial charge in [0.05, 0.1) is 5.56 Å². The van der Waals surface area contributed by atoms with Gasteiger partial charge in [0.15, 0.2) is 0 Å². The van der Waals surface area contributed by atoms with E-state index in [1.807, 2.05) is 18.2 Å². The second-order valence-electron chi connectivity index (χ2n) is 8.76. The Kier molecular flexibility index (Phi) is 6.38. The van der Waals surface area contributed by atoms with Crippen LogP contribution in [0.4, 0.5) is 19.0 Å². The maximum Gasteiger partial charge on any atom is 0.416 e. The lowest BCUT2D eigenvalue weighted by Crippen LogP contribution is -2.38. The molecule has 11 heteroatoms. The van der Waals surface area contributed by atoms with E-state index in [0.717, 1.165) is 29.2 Å². The molecule has 1 saturated heterocycles. The zero-order chi connectivity index (χ0) is 25.3. The van der Waals surface area contributed by atoms with E-state index in [9.17, 15) is 18.0 Å². The van der Waals surface area contributed by atoms with Crippen LogP contribution in [-0.4, -0.2) is 51.3 Å². The van der Waals surface area contributed by atoms with Gasteiger partial charge in [0, 0.05) is 61.5 Å². The van der Waals surface area contributed by atoms with E-state index in [4.69, 9.17) is 12.8 Å². The molecule has 4 aromatic rings. The fourth-order valence-electron chi connectivity index (χ4n) is 4.42. The van der Waals surface area contributed by atoms with Crippen LogP contribution in [0.25, 0.3) is 5.65 Å². The van der Waals surface area contributed by atoms with E-state index in [1.165, 1.54) is 12.1 Å². The average Bonchev–Trinajstić information content (AvgIpc) is 3.28. The number of alkyl halides is 3. The molecule has 0 aliphatic carbocycles. The Morgan fingerprint density at radius 1 is 1.11 bits per heavy atom. The molecule has 182 valence electrons. The lowest BCUT2D eigenvalue weighted by atomic mass is 9.92. The number of amides is 1. The van der Waals surface area contributed by atoms with Gasteiger partial charge in [-0.1, -0.05) is 12.1 Å². The van der Waals surface area contributed by atoms with E-state index < -0.39 is 17.6 Å². The Labute approximate surface area is 206 Å². The number of carbonyl (C=O) groups is 1. The van der Waals surface area contributed by atoms with E-state index in [0.29, 0.717) is 43.6 Å². The summed E-state index contributed by atoms with van der Waals surface area (Å²) < 4.78 is 40.8. The Morgan fingerprint density at radius 3 is 2.64 bits per heavy atom. The van der Waals surface area contributed by atoms with Crippen LogP contribution in [0.2, 0.25) is 0 Å². The number of pyridine rings is 1. The number of fused-ring (bicyclic) bond motifs is 1. The van der Waals surface area contributed by atoms with Crippen molar-refractivity contribution in [3.05, 3.63) is 83.4 Å². The van der Waals surface area contributed by atoms with Gasteiger partial charge in [-0.25, -0.2) is 4.98 Å². The molecule has 0 bridgehead atoms. The van der Waals surface area contributed by atoms with Gasteiger partial charge in [0.25, 0.3) is 5.91 Å². The van der Waals surface area contributed by atoms with Gasteiger partial charge in [0.1, 0.15) is 19.3 Å². The third-order valence-corrected chi connectivity index (χ3v) is 6.35. The summed E-state index contributed by atoms with van der Waals surface area (Å²) in [5.41, 5.74) is 2.05. The molecule has 0 saturated carbocycles. The summed E-state index contributed by atoms with van der Waals surface area (Å²) in [6, 6.07) is 10.3. The minimum atomic E-state index is -4.49. The van der Waals surface area contributed by atoms with Gasteiger partial charge < -0.3 is 10.2 Å². The first-order valence-corrected chi connectivity index (χ1v) is 11.5. The zero-order valence-corrected chi connectivity index (χ0v) is 19.2. The molecule has 0 atom stereocenters. The maximum atomic E-state index is 13.1. The molecule has 1 aliphatic heterocycles. The van der Waals surface area contributed by atoms with Crippen LogP contribution in [0.15, 0.2) is 61.1 Å². The molecule has 1 fully saturated rings. The Morgan fingerprint density at radius 2 is 1.92 bits per heavy atom. The van der Waals surface area contributed by atoms with E-state index >= 15 is 0 Å². The zero-order valence-electron chi connectivity index (χ0n) is 19.2. The van der Waals surface area contributed by atoms with Crippen molar-refractivity contribution in [2.45, 2.75) is 31.5 Å². The number of likely N-dealkylation sites (tertiary alicyclic amines) is 1. The standard InChI is InChI=1S/C25H22BF3N6O/c26-20-15-32-35-22(31-14-16-3-2-8-30-13-16)12-21(33-23(20)35)17-6-9-34(10-7-17)24(36)18-4-1-5-19(11-18)25(27,28)29/h1-5,8,11-13,15,17,31H,6-7,9-10,14H2. The van der Waals surface area contributed by atoms with Crippen molar-refractivity contribution in [1.82, 2.24) is 24.5 Å². The highest BCUT2D eigenvalue weighted by molar-refractivity contribution is 6.36. The van der Waals surface area contributed by atoms with Gasteiger partial charge in [-0.15, -0.1) is 0 Å². The summed E-state index contributed by atoms with van der Waals surface area (Å²) in [5.74, 6) is 0.397. The van der Waals surface area contributed by atoms with E-state index in [2.05, 4.69) is 15.4 Å². The molecule has 7 nitrogen and oxygen atoms in total. The first kappa shape index (κ1) is 23.8. The molecule has 1 N–H and O–H groups in total. The number of benzene rings is 1.